The average molecular weight is 485 g/mol. The molecule has 1 fully saturated rings. The van der Waals surface area contributed by atoms with E-state index < -0.39 is 0 Å². The molecule has 7 nitrogen and oxygen atoms in total. The van der Waals surface area contributed by atoms with Crippen LogP contribution in [-0.4, -0.2) is 63.1 Å². The van der Waals surface area contributed by atoms with Gasteiger partial charge in [-0.3, -0.25) is 19.0 Å². The second kappa shape index (κ2) is 10.1. The molecule has 1 saturated heterocycles. The van der Waals surface area contributed by atoms with Crippen molar-refractivity contribution in [3.05, 3.63) is 101 Å². The Morgan fingerprint density at radius 2 is 1.37 bits per heavy atom. The fourth-order valence-electron chi connectivity index (χ4n) is 4.15. The monoisotopic (exact) mass is 484 g/mol. The third-order valence-electron chi connectivity index (χ3n) is 6.02. The Labute approximate surface area is 207 Å². The van der Waals surface area contributed by atoms with Crippen LogP contribution in [0.3, 0.4) is 0 Å². The molecule has 0 N–H and O–H groups in total. The van der Waals surface area contributed by atoms with Crippen LogP contribution in [0.4, 0.5) is 0 Å². The number of para-hydroxylation sites is 2. The molecule has 0 aliphatic carbocycles. The zero-order valence-electron chi connectivity index (χ0n) is 19.0. The van der Waals surface area contributed by atoms with E-state index in [-0.39, 0.29) is 23.1 Å². The molecule has 2 heterocycles. The molecule has 3 aromatic carbocycles. The molecule has 35 heavy (non-hydrogen) atoms. The first-order chi connectivity index (χ1) is 17.1. The minimum atomic E-state index is -0.162. The normalized spacial score (nSPS) is 13.7. The fourth-order valence-corrected chi connectivity index (χ4v) is 5.07. The minimum absolute atomic E-state index is 0.0145. The summed E-state index contributed by atoms with van der Waals surface area (Å²) >= 11 is 1.26. The van der Waals surface area contributed by atoms with Crippen molar-refractivity contribution in [1.29, 1.82) is 0 Å². The van der Waals surface area contributed by atoms with Crippen LogP contribution >= 0.6 is 11.8 Å². The van der Waals surface area contributed by atoms with E-state index in [0.717, 1.165) is 0 Å². The number of benzene rings is 3. The van der Waals surface area contributed by atoms with E-state index in [2.05, 4.69) is 0 Å². The van der Waals surface area contributed by atoms with Crippen LogP contribution in [0.15, 0.2) is 94.9 Å². The van der Waals surface area contributed by atoms with Crippen molar-refractivity contribution in [2.24, 2.45) is 0 Å². The number of piperazine rings is 1. The highest BCUT2D eigenvalue weighted by molar-refractivity contribution is 7.99. The molecule has 0 radical (unpaired) electrons. The number of fused-ring (bicyclic) bond motifs is 1. The van der Waals surface area contributed by atoms with Gasteiger partial charge in [0.25, 0.3) is 11.5 Å². The van der Waals surface area contributed by atoms with Crippen molar-refractivity contribution in [3.8, 4) is 5.69 Å². The van der Waals surface area contributed by atoms with Crippen molar-refractivity contribution in [3.63, 3.8) is 0 Å². The summed E-state index contributed by atoms with van der Waals surface area (Å²) in [6.45, 7) is 1.95. The highest BCUT2D eigenvalue weighted by atomic mass is 32.2. The van der Waals surface area contributed by atoms with Crippen molar-refractivity contribution < 1.29 is 9.59 Å². The molecule has 1 aromatic heterocycles. The van der Waals surface area contributed by atoms with Gasteiger partial charge in [0.2, 0.25) is 5.91 Å². The summed E-state index contributed by atoms with van der Waals surface area (Å²) in [6.07, 6.45) is 0. The summed E-state index contributed by atoms with van der Waals surface area (Å²) in [5, 5.41) is 1.01. The fraction of sp³-hybridized carbons (Fsp3) is 0.185. The van der Waals surface area contributed by atoms with E-state index in [0.29, 0.717) is 53.5 Å². The third kappa shape index (κ3) is 4.83. The number of aromatic nitrogens is 2. The van der Waals surface area contributed by atoms with Gasteiger partial charge in [-0.05, 0) is 36.4 Å². The maximum atomic E-state index is 13.3. The van der Waals surface area contributed by atoms with E-state index in [1.165, 1.54) is 11.8 Å². The van der Waals surface area contributed by atoms with Crippen molar-refractivity contribution >= 4 is 34.5 Å². The summed E-state index contributed by atoms with van der Waals surface area (Å²) in [4.78, 5) is 47.2. The molecule has 176 valence electrons. The Morgan fingerprint density at radius 1 is 0.771 bits per heavy atom. The van der Waals surface area contributed by atoms with Gasteiger partial charge < -0.3 is 9.80 Å². The molecule has 8 heteroatoms. The SMILES string of the molecule is O=C(CSc1nc2ccccc2c(=O)n1-c1ccccc1)N1CCN(C(=O)c2ccccc2)CC1. The van der Waals surface area contributed by atoms with Crippen LogP contribution in [0, 0.1) is 0 Å². The number of amides is 2. The van der Waals surface area contributed by atoms with Crippen LogP contribution < -0.4 is 5.56 Å². The molecule has 0 bridgehead atoms. The highest BCUT2D eigenvalue weighted by Gasteiger charge is 2.25. The van der Waals surface area contributed by atoms with E-state index in [9.17, 15) is 14.4 Å². The smallest absolute Gasteiger partial charge is 0.266 e. The number of hydrogen-bond acceptors (Lipinski definition) is 5. The zero-order valence-corrected chi connectivity index (χ0v) is 19.9. The van der Waals surface area contributed by atoms with Crippen molar-refractivity contribution in [1.82, 2.24) is 19.4 Å². The highest BCUT2D eigenvalue weighted by Crippen LogP contribution is 2.22. The topological polar surface area (TPSA) is 75.5 Å². The van der Waals surface area contributed by atoms with Crippen LogP contribution in [0.5, 0.6) is 0 Å². The summed E-state index contributed by atoms with van der Waals surface area (Å²) in [7, 11) is 0. The molecule has 1 aliphatic rings. The summed E-state index contributed by atoms with van der Waals surface area (Å²) < 4.78 is 1.57. The Morgan fingerprint density at radius 3 is 2.09 bits per heavy atom. The molecular weight excluding hydrogens is 460 g/mol. The van der Waals surface area contributed by atoms with Gasteiger partial charge in [-0.25, -0.2) is 4.98 Å². The van der Waals surface area contributed by atoms with Crippen LogP contribution in [0.25, 0.3) is 16.6 Å². The molecule has 2 amide bonds. The Balaban J connectivity index is 1.30. The molecule has 1 aliphatic heterocycles. The molecule has 4 aromatic rings. The van der Waals surface area contributed by atoms with Gasteiger partial charge >= 0.3 is 0 Å². The van der Waals surface area contributed by atoms with Gasteiger partial charge in [-0.15, -0.1) is 0 Å². The van der Waals surface area contributed by atoms with Crippen LogP contribution in [0.1, 0.15) is 10.4 Å². The van der Waals surface area contributed by atoms with Gasteiger partial charge in [0.05, 0.1) is 22.3 Å². The van der Waals surface area contributed by atoms with Gasteiger partial charge in [-0.1, -0.05) is 60.3 Å². The molecule has 0 atom stereocenters. The van der Waals surface area contributed by atoms with Gasteiger partial charge in [0.1, 0.15) is 0 Å². The Bertz CT molecular complexity index is 1420. The second-order valence-corrected chi connectivity index (χ2v) is 9.16. The van der Waals surface area contributed by atoms with Crippen molar-refractivity contribution in [2.45, 2.75) is 5.16 Å². The van der Waals surface area contributed by atoms with E-state index >= 15 is 0 Å². The lowest BCUT2D eigenvalue weighted by molar-refractivity contribution is -0.129. The lowest BCUT2D eigenvalue weighted by Crippen LogP contribution is -2.51. The van der Waals surface area contributed by atoms with Gasteiger partial charge in [-0.2, -0.15) is 0 Å². The maximum absolute atomic E-state index is 13.3. The molecule has 0 saturated carbocycles. The number of carbonyl (C=O) groups excluding carboxylic acids is 2. The molecular formula is C27H24N4O3S. The number of carbonyl (C=O) groups is 2. The van der Waals surface area contributed by atoms with Gasteiger partial charge in [0, 0.05) is 31.7 Å². The summed E-state index contributed by atoms with van der Waals surface area (Å²) in [6, 6.07) is 25.8. The third-order valence-corrected chi connectivity index (χ3v) is 6.95. The largest absolute Gasteiger partial charge is 0.338 e. The predicted octanol–water partition coefficient (Wildman–Crippen LogP) is 3.46. The van der Waals surface area contributed by atoms with E-state index in [4.69, 9.17) is 4.98 Å². The zero-order chi connectivity index (χ0) is 24.2. The number of nitrogens with zero attached hydrogens (tertiary/aromatic N) is 4. The predicted molar refractivity (Wildman–Crippen MR) is 137 cm³/mol. The average Bonchev–Trinajstić information content (AvgIpc) is 2.92. The number of thioether (sulfide) groups is 1. The number of rotatable bonds is 5. The number of hydrogen-bond donors (Lipinski definition) is 0. The Kier molecular flexibility index (Phi) is 6.63. The summed E-state index contributed by atoms with van der Waals surface area (Å²) in [5.41, 5.74) is 1.81. The molecule has 0 spiro atoms. The molecule has 0 unspecified atom stereocenters. The van der Waals surface area contributed by atoms with E-state index in [1.807, 2.05) is 60.7 Å². The first-order valence-electron chi connectivity index (χ1n) is 11.4. The van der Waals surface area contributed by atoms with Crippen LogP contribution in [0.2, 0.25) is 0 Å². The molecule has 5 rings (SSSR count). The maximum Gasteiger partial charge on any atom is 0.266 e. The quantitative estimate of drug-likeness (QED) is 0.320. The van der Waals surface area contributed by atoms with Crippen LogP contribution in [-0.2, 0) is 4.79 Å². The van der Waals surface area contributed by atoms with Gasteiger partial charge in [0.15, 0.2) is 5.16 Å². The summed E-state index contributed by atoms with van der Waals surface area (Å²) in [5.74, 6) is 0.104. The second-order valence-electron chi connectivity index (χ2n) is 8.22. The lowest BCUT2D eigenvalue weighted by atomic mass is 10.2. The lowest BCUT2D eigenvalue weighted by Gasteiger charge is -2.34. The Hall–Kier alpha value is -3.91. The first-order valence-corrected chi connectivity index (χ1v) is 12.4. The first kappa shape index (κ1) is 22.9. The standard InChI is InChI=1S/C27H24N4O3S/c32-24(29-15-17-30(18-16-29)25(33)20-9-3-1-4-10-20)19-35-27-28-23-14-8-7-13-22(23)26(34)31(27)21-11-5-2-6-12-21/h1-14H,15-19H2. The van der Waals surface area contributed by atoms with Crippen molar-refractivity contribution in [2.75, 3.05) is 31.9 Å². The van der Waals surface area contributed by atoms with E-state index in [1.54, 1.807) is 38.6 Å². The minimum Gasteiger partial charge on any atom is -0.338 e.